The van der Waals surface area contributed by atoms with Crippen LogP contribution in [0.25, 0.3) is 0 Å². The zero-order valence-corrected chi connectivity index (χ0v) is 31.5. The van der Waals surface area contributed by atoms with E-state index in [1.54, 1.807) is 23.1 Å². The monoisotopic (exact) mass is 682 g/mol. The summed E-state index contributed by atoms with van der Waals surface area (Å²) in [5.74, 6) is 0. The van der Waals surface area contributed by atoms with Crippen LogP contribution in [0.3, 0.4) is 0 Å². The summed E-state index contributed by atoms with van der Waals surface area (Å²) >= 11 is 1.99. The van der Waals surface area contributed by atoms with Crippen molar-refractivity contribution in [3.63, 3.8) is 0 Å². The van der Waals surface area contributed by atoms with E-state index in [1.165, 1.54) is 128 Å². The topological polar surface area (TPSA) is 0 Å². The van der Waals surface area contributed by atoms with Crippen LogP contribution in [0.1, 0.15) is 160 Å². The summed E-state index contributed by atoms with van der Waals surface area (Å²) in [6.07, 6.45) is 28.2. The Morgan fingerprint density at radius 1 is 0.487 bits per heavy atom. The second-order valence-electron chi connectivity index (χ2n) is 12.0. The summed E-state index contributed by atoms with van der Waals surface area (Å²) < 4.78 is 6.77. The summed E-state index contributed by atoms with van der Waals surface area (Å²) in [5, 5.41) is 2.17. The smallest absolute Gasteiger partial charge is 0.00452 e. The van der Waals surface area contributed by atoms with E-state index in [1.807, 2.05) is 14.2 Å². The van der Waals surface area contributed by atoms with E-state index < -0.39 is 18.4 Å². The van der Waals surface area contributed by atoms with Gasteiger partial charge in [0.25, 0.3) is 0 Å². The fraction of sp³-hybridized carbons (Fsp3) is 0.778. The third-order valence-corrected chi connectivity index (χ3v) is 28.7. The van der Waals surface area contributed by atoms with Gasteiger partial charge in [0.05, 0.1) is 0 Å². The molecule has 3 heteroatoms. The predicted molar refractivity (Wildman–Crippen MR) is 187 cm³/mol. The molecular formula is C36H66S2Sn. The van der Waals surface area contributed by atoms with Gasteiger partial charge in [0.15, 0.2) is 0 Å². The Labute approximate surface area is 258 Å². The van der Waals surface area contributed by atoms with Crippen molar-refractivity contribution < 1.29 is 0 Å². The minimum atomic E-state index is -2.15. The number of hydrogen-bond acceptors (Lipinski definition) is 2. The molecule has 226 valence electrons. The van der Waals surface area contributed by atoms with Gasteiger partial charge >= 0.3 is 174 Å². The minimum absolute atomic E-state index is 1.30. The van der Waals surface area contributed by atoms with E-state index in [0.717, 1.165) is 0 Å². The first-order chi connectivity index (χ1) is 19.2. The molecule has 0 nitrogen and oxygen atoms in total. The van der Waals surface area contributed by atoms with E-state index in [9.17, 15) is 0 Å². The Balaban J connectivity index is 0.000000487. The molecule has 2 rings (SSSR count). The van der Waals surface area contributed by atoms with Crippen molar-refractivity contribution in [2.45, 2.75) is 176 Å². The number of thiophene rings is 2. The largest absolute Gasteiger partial charge is 0.149 e. The average Bonchev–Trinajstić information content (AvgIpc) is 3.66. The van der Waals surface area contributed by atoms with Gasteiger partial charge in [0.1, 0.15) is 0 Å². The molecule has 0 spiro atoms. The second kappa shape index (κ2) is 25.9. The number of hydrogen-bond donors (Lipinski definition) is 0. The SMILES string of the molecule is CCCCCCCCc1cc[c]([Sn]([CH2]CCC)([CH2]CCC)[CH2]CCC)s1.CCCCCCCCc1cccs1. The first-order valence-electron chi connectivity index (χ1n) is 17.3. The summed E-state index contributed by atoms with van der Waals surface area (Å²) in [7, 11) is 0. The Kier molecular flexibility index (Phi) is 24.7. The van der Waals surface area contributed by atoms with Gasteiger partial charge in [0.2, 0.25) is 0 Å². The van der Waals surface area contributed by atoms with Crippen LogP contribution in [-0.2, 0) is 12.8 Å². The van der Waals surface area contributed by atoms with Crippen LogP contribution in [0, 0.1) is 0 Å². The van der Waals surface area contributed by atoms with Crippen molar-refractivity contribution in [1.82, 2.24) is 0 Å². The van der Waals surface area contributed by atoms with E-state index in [2.05, 4.69) is 75.6 Å². The normalized spacial score (nSPS) is 11.5. The van der Waals surface area contributed by atoms with Crippen molar-refractivity contribution in [3.05, 3.63) is 39.4 Å². The quantitative estimate of drug-likeness (QED) is 0.0764. The zero-order chi connectivity index (χ0) is 28.4. The molecule has 0 aliphatic carbocycles. The van der Waals surface area contributed by atoms with Crippen LogP contribution in [0.4, 0.5) is 0 Å². The van der Waals surface area contributed by atoms with Gasteiger partial charge in [-0.25, -0.2) is 0 Å². The van der Waals surface area contributed by atoms with Gasteiger partial charge in [-0.2, -0.15) is 0 Å². The molecule has 39 heavy (non-hydrogen) atoms. The maximum atomic E-state index is 2.61. The average molecular weight is 682 g/mol. The predicted octanol–water partition coefficient (Wildman–Crippen LogP) is 13.4. The zero-order valence-electron chi connectivity index (χ0n) is 27.0. The van der Waals surface area contributed by atoms with E-state index in [0.29, 0.717) is 0 Å². The first kappa shape index (κ1) is 37.2. The number of aryl methyl sites for hydroxylation is 2. The summed E-state index contributed by atoms with van der Waals surface area (Å²) in [5.41, 5.74) is 0. The number of unbranched alkanes of at least 4 members (excludes halogenated alkanes) is 13. The summed E-state index contributed by atoms with van der Waals surface area (Å²) in [4.78, 5) is 3.25. The molecule has 0 N–H and O–H groups in total. The molecule has 0 radical (unpaired) electrons. The van der Waals surface area contributed by atoms with Gasteiger partial charge in [0, 0.05) is 4.88 Å². The van der Waals surface area contributed by atoms with Crippen molar-refractivity contribution in [1.29, 1.82) is 0 Å². The number of rotatable bonds is 24. The molecule has 0 fully saturated rings. The van der Waals surface area contributed by atoms with Gasteiger partial charge in [-0.15, -0.1) is 11.3 Å². The molecule has 0 saturated heterocycles. The van der Waals surface area contributed by atoms with Gasteiger partial charge in [-0.3, -0.25) is 0 Å². The van der Waals surface area contributed by atoms with Crippen LogP contribution >= 0.6 is 22.7 Å². The summed E-state index contributed by atoms with van der Waals surface area (Å²) in [6, 6.07) is 9.52. The van der Waals surface area contributed by atoms with E-state index in [4.69, 9.17) is 0 Å². The maximum Gasteiger partial charge on any atom is 0.00452 e. The van der Waals surface area contributed by atoms with E-state index in [-0.39, 0.29) is 0 Å². The molecule has 0 aromatic carbocycles. The van der Waals surface area contributed by atoms with Crippen molar-refractivity contribution in [3.8, 4) is 0 Å². The van der Waals surface area contributed by atoms with Crippen LogP contribution < -0.4 is 2.89 Å². The molecule has 0 saturated carbocycles. The van der Waals surface area contributed by atoms with Crippen molar-refractivity contribution in [2.24, 2.45) is 0 Å². The maximum absolute atomic E-state index is 2.61. The van der Waals surface area contributed by atoms with Gasteiger partial charge in [-0.1, -0.05) is 45.1 Å². The Morgan fingerprint density at radius 2 is 0.949 bits per heavy atom. The molecule has 0 unspecified atom stereocenters. The van der Waals surface area contributed by atoms with Crippen LogP contribution in [0.15, 0.2) is 29.6 Å². The molecule has 0 aliphatic heterocycles. The standard InChI is InChI=1S/C12H20S.C12H19S.3C4H9.Sn/c2*1-2-3-4-5-6-7-9-12-10-8-11-13-12;3*1-3-4-2;/h8,10-11H,2-7,9H2,1H3;8,10H,2-7,9H2,1H3;3*1,3-4H2,2H3;. The molecule has 0 atom stereocenters. The molecular weight excluding hydrogens is 615 g/mol. The molecule has 0 bridgehead atoms. The molecule has 2 heterocycles. The fourth-order valence-electron chi connectivity index (χ4n) is 5.70. The summed E-state index contributed by atoms with van der Waals surface area (Å²) in [6.45, 7) is 11.7. The van der Waals surface area contributed by atoms with E-state index >= 15 is 0 Å². The molecule has 0 amide bonds. The first-order valence-corrected chi connectivity index (χ1v) is 26.4. The Morgan fingerprint density at radius 3 is 1.41 bits per heavy atom. The molecule has 2 aromatic rings. The van der Waals surface area contributed by atoms with Crippen molar-refractivity contribution in [2.75, 3.05) is 0 Å². The molecule has 2 aromatic heterocycles. The van der Waals surface area contributed by atoms with Crippen molar-refractivity contribution >= 4 is 43.9 Å². The Hall–Kier alpha value is 0.199. The molecule has 0 aliphatic rings. The van der Waals surface area contributed by atoms with Gasteiger partial charge in [-0.05, 0) is 24.3 Å². The third kappa shape index (κ3) is 17.7. The van der Waals surface area contributed by atoms with Crippen LogP contribution in [-0.4, -0.2) is 18.4 Å². The van der Waals surface area contributed by atoms with Crippen LogP contribution in [0.2, 0.25) is 13.3 Å². The van der Waals surface area contributed by atoms with Crippen LogP contribution in [0.5, 0.6) is 0 Å². The fourth-order valence-corrected chi connectivity index (χ4v) is 26.8. The third-order valence-electron chi connectivity index (χ3n) is 8.34. The Bertz CT molecular complexity index is 726. The van der Waals surface area contributed by atoms with Gasteiger partial charge < -0.3 is 0 Å². The minimum Gasteiger partial charge on any atom is -0.149 e. The second-order valence-corrected chi connectivity index (χ2v) is 28.3.